The summed E-state index contributed by atoms with van der Waals surface area (Å²) in [5.41, 5.74) is 8.29. The molecule has 2 heterocycles. The van der Waals surface area contributed by atoms with Crippen molar-refractivity contribution < 1.29 is 4.79 Å². The second kappa shape index (κ2) is 9.50. The van der Waals surface area contributed by atoms with Crippen LogP contribution in [0.5, 0.6) is 0 Å². The molecule has 0 spiro atoms. The molecule has 1 atom stereocenters. The predicted molar refractivity (Wildman–Crippen MR) is 110 cm³/mol. The number of hydrogen-bond acceptors (Lipinski definition) is 6. The zero-order valence-corrected chi connectivity index (χ0v) is 16.8. The lowest BCUT2D eigenvalue weighted by molar-refractivity contribution is -0.134. The van der Waals surface area contributed by atoms with Crippen LogP contribution in [-0.2, 0) is 11.3 Å². The maximum absolute atomic E-state index is 12.4. The number of aromatic nitrogens is 1. The Morgan fingerprint density at radius 1 is 1.27 bits per heavy atom. The molecule has 5 nitrogen and oxygen atoms in total. The number of carbonyl (C=O) groups excluding carboxylic acids is 1. The molecule has 3 rings (SSSR count). The molecule has 0 aliphatic carbocycles. The Kier molecular flexibility index (Phi) is 7.07. The summed E-state index contributed by atoms with van der Waals surface area (Å²) in [6.45, 7) is 4.09. The molecule has 0 bridgehead atoms. The highest BCUT2D eigenvalue weighted by Crippen LogP contribution is 2.24. The van der Waals surface area contributed by atoms with Gasteiger partial charge in [0.25, 0.3) is 0 Å². The van der Waals surface area contributed by atoms with Gasteiger partial charge < -0.3 is 10.6 Å². The molecule has 7 heteroatoms. The average molecular weight is 391 g/mol. The van der Waals surface area contributed by atoms with Crippen molar-refractivity contribution in [3.63, 3.8) is 0 Å². The van der Waals surface area contributed by atoms with Gasteiger partial charge in [-0.2, -0.15) is 11.8 Å². The van der Waals surface area contributed by atoms with Crippen molar-refractivity contribution in [2.75, 3.05) is 38.2 Å². The van der Waals surface area contributed by atoms with Gasteiger partial charge in [-0.3, -0.25) is 9.69 Å². The van der Waals surface area contributed by atoms with Crippen molar-refractivity contribution in [1.82, 2.24) is 14.8 Å². The van der Waals surface area contributed by atoms with Gasteiger partial charge in [0.05, 0.1) is 11.7 Å². The summed E-state index contributed by atoms with van der Waals surface area (Å²) in [4.78, 5) is 21.4. The van der Waals surface area contributed by atoms with E-state index >= 15 is 0 Å². The number of nitrogens with zero attached hydrogens (tertiary/aromatic N) is 3. The number of thioether (sulfide) groups is 1. The van der Waals surface area contributed by atoms with Gasteiger partial charge >= 0.3 is 0 Å². The van der Waals surface area contributed by atoms with Gasteiger partial charge in [-0.05, 0) is 18.4 Å². The molecule has 140 valence electrons. The third-order valence-electron chi connectivity index (χ3n) is 4.59. The molecule has 1 aromatic carbocycles. The maximum Gasteiger partial charge on any atom is 0.239 e. The summed E-state index contributed by atoms with van der Waals surface area (Å²) >= 11 is 3.42. The lowest BCUT2D eigenvalue weighted by Crippen LogP contribution is -2.53. The number of thiazole rings is 1. The molecule has 26 heavy (non-hydrogen) atoms. The number of benzene rings is 1. The molecule has 1 aromatic heterocycles. The quantitative estimate of drug-likeness (QED) is 0.787. The van der Waals surface area contributed by atoms with E-state index in [-0.39, 0.29) is 11.9 Å². The smallest absolute Gasteiger partial charge is 0.239 e. The maximum atomic E-state index is 12.4. The Balaban J connectivity index is 1.49. The van der Waals surface area contributed by atoms with Crippen LogP contribution in [-0.4, -0.2) is 64.9 Å². The van der Waals surface area contributed by atoms with Gasteiger partial charge in [-0.1, -0.05) is 30.3 Å². The standard InChI is InChI=1S/C19H26N4OS2/c1-25-12-7-17(20)19(24)23-10-8-22(9-11-23)13-16-14-26-18(21-16)15-5-3-2-4-6-15/h2-6,14,17H,7-13,20H2,1H3/t17-/m0/s1. The third-order valence-corrected chi connectivity index (χ3v) is 6.18. The highest BCUT2D eigenvalue weighted by molar-refractivity contribution is 7.98. The van der Waals surface area contributed by atoms with E-state index < -0.39 is 0 Å². The number of nitrogens with two attached hydrogens (primary N) is 1. The minimum atomic E-state index is -0.360. The average Bonchev–Trinajstić information content (AvgIpc) is 3.15. The number of piperazine rings is 1. The van der Waals surface area contributed by atoms with Gasteiger partial charge in [0.2, 0.25) is 5.91 Å². The number of hydrogen-bond donors (Lipinski definition) is 1. The van der Waals surface area contributed by atoms with Gasteiger partial charge in [0, 0.05) is 43.7 Å². The lowest BCUT2D eigenvalue weighted by Gasteiger charge is -2.35. The van der Waals surface area contributed by atoms with Crippen LogP contribution < -0.4 is 5.73 Å². The first-order chi connectivity index (χ1) is 12.7. The molecular weight excluding hydrogens is 364 g/mol. The fourth-order valence-corrected chi connectivity index (χ4v) is 4.36. The molecule has 1 amide bonds. The van der Waals surface area contributed by atoms with Crippen LogP contribution in [0, 0.1) is 0 Å². The van der Waals surface area contributed by atoms with E-state index in [1.165, 1.54) is 5.56 Å². The molecule has 0 radical (unpaired) electrons. The molecule has 1 saturated heterocycles. The Labute approximate surface area is 163 Å². The highest BCUT2D eigenvalue weighted by Gasteiger charge is 2.25. The zero-order chi connectivity index (χ0) is 18.4. The summed E-state index contributed by atoms with van der Waals surface area (Å²) in [7, 11) is 0. The van der Waals surface area contributed by atoms with E-state index in [9.17, 15) is 4.79 Å². The second-order valence-corrected chi connectivity index (χ2v) is 8.34. The Morgan fingerprint density at radius 2 is 2.00 bits per heavy atom. The van der Waals surface area contributed by atoms with Crippen molar-refractivity contribution >= 4 is 29.0 Å². The SMILES string of the molecule is CSCC[C@H](N)C(=O)N1CCN(Cc2csc(-c3ccccc3)n2)CC1. The largest absolute Gasteiger partial charge is 0.339 e. The number of carbonyl (C=O) groups is 1. The molecule has 1 aliphatic rings. The van der Waals surface area contributed by atoms with Crippen LogP contribution in [0.4, 0.5) is 0 Å². The Hall–Kier alpha value is -1.41. The van der Waals surface area contributed by atoms with E-state index in [4.69, 9.17) is 10.7 Å². The van der Waals surface area contributed by atoms with Crippen LogP contribution in [0.3, 0.4) is 0 Å². The first-order valence-electron chi connectivity index (χ1n) is 8.93. The summed E-state index contributed by atoms with van der Waals surface area (Å²) in [5, 5.41) is 3.20. The topological polar surface area (TPSA) is 62.5 Å². The lowest BCUT2D eigenvalue weighted by atomic mass is 10.2. The monoisotopic (exact) mass is 390 g/mol. The molecule has 1 aliphatic heterocycles. The zero-order valence-electron chi connectivity index (χ0n) is 15.1. The summed E-state index contributed by atoms with van der Waals surface area (Å²) < 4.78 is 0. The predicted octanol–water partition coefficient (Wildman–Crippen LogP) is 2.53. The first-order valence-corrected chi connectivity index (χ1v) is 11.2. The highest BCUT2D eigenvalue weighted by atomic mass is 32.2. The van der Waals surface area contributed by atoms with Crippen LogP contribution >= 0.6 is 23.1 Å². The van der Waals surface area contributed by atoms with E-state index in [1.54, 1.807) is 23.1 Å². The van der Waals surface area contributed by atoms with Crippen LogP contribution in [0.2, 0.25) is 0 Å². The first kappa shape index (κ1) is 19.4. The van der Waals surface area contributed by atoms with Crippen LogP contribution in [0.1, 0.15) is 12.1 Å². The van der Waals surface area contributed by atoms with E-state index in [2.05, 4.69) is 22.4 Å². The van der Waals surface area contributed by atoms with Gasteiger partial charge in [-0.15, -0.1) is 11.3 Å². The summed E-state index contributed by atoms with van der Waals surface area (Å²) in [5.74, 6) is 1.03. The molecule has 0 saturated carbocycles. The van der Waals surface area contributed by atoms with Crippen molar-refractivity contribution in [1.29, 1.82) is 0 Å². The second-order valence-electron chi connectivity index (χ2n) is 6.50. The van der Waals surface area contributed by atoms with Crippen molar-refractivity contribution in [3.05, 3.63) is 41.4 Å². The van der Waals surface area contributed by atoms with E-state index in [1.807, 2.05) is 29.4 Å². The molecular formula is C19H26N4OS2. The fourth-order valence-electron chi connectivity index (χ4n) is 3.05. The van der Waals surface area contributed by atoms with E-state index in [0.29, 0.717) is 0 Å². The normalized spacial score (nSPS) is 16.6. The summed E-state index contributed by atoms with van der Waals surface area (Å²) in [6.07, 6.45) is 2.79. The van der Waals surface area contributed by atoms with Crippen molar-refractivity contribution in [3.8, 4) is 10.6 Å². The molecule has 2 N–H and O–H groups in total. The van der Waals surface area contributed by atoms with Crippen LogP contribution in [0.15, 0.2) is 35.7 Å². The van der Waals surface area contributed by atoms with E-state index in [0.717, 1.165) is 55.6 Å². The minimum absolute atomic E-state index is 0.0960. The Bertz CT molecular complexity index is 699. The van der Waals surface area contributed by atoms with Gasteiger partial charge in [0.1, 0.15) is 5.01 Å². The third kappa shape index (κ3) is 5.07. The molecule has 1 fully saturated rings. The molecule has 0 unspecified atom stereocenters. The Morgan fingerprint density at radius 3 is 2.69 bits per heavy atom. The molecule has 2 aromatic rings. The summed E-state index contributed by atoms with van der Waals surface area (Å²) in [6, 6.07) is 9.92. The minimum Gasteiger partial charge on any atom is -0.339 e. The fraction of sp³-hybridized carbons (Fsp3) is 0.474. The van der Waals surface area contributed by atoms with Crippen molar-refractivity contribution in [2.45, 2.75) is 19.0 Å². The van der Waals surface area contributed by atoms with Crippen LogP contribution in [0.25, 0.3) is 10.6 Å². The number of rotatable bonds is 7. The van der Waals surface area contributed by atoms with Gasteiger partial charge in [-0.25, -0.2) is 4.98 Å². The van der Waals surface area contributed by atoms with Crippen molar-refractivity contribution in [2.24, 2.45) is 5.73 Å². The number of amides is 1. The van der Waals surface area contributed by atoms with Gasteiger partial charge in [0.15, 0.2) is 0 Å².